The number of halogens is 2. The summed E-state index contributed by atoms with van der Waals surface area (Å²) in [6, 6.07) is 2.77. The zero-order chi connectivity index (χ0) is 19.1. The van der Waals surface area contributed by atoms with Crippen molar-refractivity contribution in [1.82, 2.24) is 9.78 Å². The molecule has 4 rings (SSSR count). The van der Waals surface area contributed by atoms with Crippen molar-refractivity contribution in [1.29, 1.82) is 0 Å². The molecular formula is C17H14F2N4O3S. The van der Waals surface area contributed by atoms with Crippen molar-refractivity contribution >= 4 is 35.0 Å². The molecule has 1 N–H and O–H groups in total. The van der Waals surface area contributed by atoms with Crippen molar-refractivity contribution < 1.29 is 18.4 Å². The average Bonchev–Trinajstić information content (AvgIpc) is 3.45. The lowest BCUT2D eigenvalue weighted by Crippen LogP contribution is -2.43. The molecular weight excluding hydrogens is 378 g/mol. The summed E-state index contributed by atoms with van der Waals surface area (Å²) in [6.07, 6.45) is 3.12. The molecule has 27 heavy (non-hydrogen) atoms. The third-order valence-electron chi connectivity index (χ3n) is 4.26. The number of thioether (sulfide) groups is 1. The Morgan fingerprint density at radius 2 is 2.07 bits per heavy atom. The number of anilines is 2. The van der Waals surface area contributed by atoms with E-state index in [4.69, 9.17) is 0 Å². The Kier molecular flexibility index (Phi) is 4.42. The Morgan fingerprint density at radius 3 is 2.78 bits per heavy atom. The first-order valence-corrected chi connectivity index (χ1v) is 9.22. The molecule has 0 radical (unpaired) electrons. The molecule has 1 aromatic carbocycles. The van der Waals surface area contributed by atoms with Crippen LogP contribution in [-0.2, 0) is 16.1 Å². The van der Waals surface area contributed by atoms with Gasteiger partial charge in [-0.05, 0) is 25.0 Å². The molecule has 1 aliphatic heterocycles. The quantitative estimate of drug-likeness (QED) is 0.857. The molecule has 2 aromatic rings. The maximum absolute atomic E-state index is 13.7. The van der Waals surface area contributed by atoms with Crippen molar-refractivity contribution in [2.75, 3.05) is 16.0 Å². The second-order valence-electron chi connectivity index (χ2n) is 6.28. The Bertz CT molecular complexity index is 1010. The minimum atomic E-state index is -0.920. The molecule has 0 bridgehead atoms. The fraction of sp³-hybridized carbons (Fsp3) is 0.294. The smallest absolute Gasteiger partial charge is 0.292 e. The Hall–Kier alpha value is -2.75. The number of carbonyl (C=O) groups excluding carboxylic acids is 2. The number of carbonyl (C=O) groups is 2. The van der Waals surface area contributed by atoms with Crippen LogP contribution in [0.2, 0.25) is 0 Å². The summed E-state index contributed by atoms with van der Waals surface area (Å²) in [5.74, 6) is -2.26. The number of aromatic nitrogens is 2. The first-order valence-electron chi connectivity index (χ1n) is 8.24. The van der Waals surface area contributed by atoms with Crippen LogP contribution in [0, 0.1) is 11.6 Å². The van der Waals surface area contributed by atoms with Gasteiger partial charge >= 0.3 is 0 Å². The van der Waals surface area contributed by atoms with Gasteiger partial charge in [0.15, 0.2) is 0 Å². The SMILES string of the molecule is O=C(Cn1ncc2c(c1=O)N(C1CC1)C(=O)CS2)Nc1ccc(F)cc1F. The lowest BCUT2D eigenvalue weighted by molar-refractivity contribution is -0.117. The molecule has 2 aliphatic rings. The van der Waals surface area contributed by atoms with E-state index in [-0.39, 0.29) is 29.1 Å². The molecule has 7 nitrogen and oxygen atoms in total. The van der Waals surface area contributed by atoms with Gasteiger partial charge in [0.1, 0.15) is 23.9 Å². The average molecular weight is 392 g/mol. The van der Waals surface area contributed by atoms with Crippen molar-refractivity contribution in [3.8, 4) is 0 Å². The summed E-state index contributed by atoms with van der Waals surface area (Å²) < 4.78 is 27.5. The van der Waals surface area contributed by atoms with Crippen LogP contribution in [0.15, 0.2) is 34.1 Å². The summed E-state index contributed by atoms with van der Waals surface area (Å²) >= 11 is 1.24. The fourth-order valence-corrected chi connectivity index (χ4v) is 3.73. The predicted octanol–water partition coefficient (Wildman–Crippen LogP) is 1.76. The first kappa shape index (κ1) is 17.7. The number of hydrogen-bond acceptors (Lipinski definition) is 5. The predicted molar refractivity (Wildman–Crippen MR) is 94.7 cm³/mol. The number of rotatable bonds is 4. The molecule has 1 aliphatic carbocycles. The molecule has 0 spiro atoms. The van der Waals surface area contributed by atoms with E-state index in [1.165, 1.54) is 22.9 Å². The molecule has 0 atom stereocenters. The highest BCUT2D eigenvalue weighted by molar-refractivity contribution is 8.00. The van der Waals surface area contributed by atoms with Crippen LogP contribution in [0.25, 0.3) is 0 Å². The van der Waals surface area contributed by atoms with Crippen molar-refractivity contribution in [3.05, 3.63) is 46.4 Å². The molecule has 10 heteroatoms. The first-order chi connectivity index (χ1) is 12.9. The van der Waals surface area contributed by atoms with Crippen LogP contribution >= 0.6 is 11.8 Å². The van der Waals surface area contributed by atoms with Crippen LogP contribution in [0.3, 0.4) is 0 Å². The summed E-state index contributed by atoms with van der Waals surface area (Å²) in [5, 5.41) is 6.26. The van der Waals surface area contributed by atoms with Gasteiger partial charge < -0.3 is 10.2 Å². The van der Waals surface area contributed by atoms with E-state index in [9.17, 15) is 23.2 Å². The highest BCUT2D eigenvalue weighted by Crippen LogP contribution is 2.38. The van der Waals surface area contributed by atoms with E-state index >= 15 is 0 Å². The van der Waals surface area contributed by atoms with E-state index in [2.05, 4.69) is 10.4 Å². The third-order valence-corrected chi connectivity index (χ3v) is 5.26. The molecule has 140 valence electrons. The highest BCUT2D eigenvalue weighted by Gasteiger charge is 2.39. The van der Waals surface area contributed by atoms with Gasteiger partial charge in [0.05, 0.1) is 22.5 Å². The molecule has 1 fully saturated rings. The van der Waals surface area contributed by atoms with Gasteiger partial charge in [0.2, 0.25) is 11.8 Å². The molecule has 1 saturated carbocycles. The maximum atomic E-state index is 13.7. The molecule has 2 amide bonds. The Labute approximate surface area is 156 Å². The minimum absolute atomic E-state index is 0.0165. The lowest BCUT2D eigenvalue weighted by Gasteiger charge is -2.28. The van der Waals surface area contributed by atoms with Crippen molar-refractivity contribution in [2.45, 2.75) is 30.3 Å². The van der Waals surface area contributed by atoms with Gasteiger partial charge in [-0.25, -0.2) is 13.5 Å². The third kappa shape index (κ3) is 3.44. The van der Waals surface area contributed by atoms with Crippen LogP contribution in [-0.4, -0.2) is 33.4 Å². The number of nitrogens with zero attached hydrogens (tertiary/aromatic N) is 3. The van der Waals surface area contributed by atoms with Gasteiger partial charge in [-0.15, -0.1) is 11.8 Å². The minimum Gasteiger partial charge on any atom is -0.322 e. The zero-order valence-corrected chi connectivity index (χ0v) is 14.8. The molecule has 0 unspecified atom stereocenters. The van der Waals surface area contributed by atoms with E-state index < -0.39 is 29.6 Å². The monoisotopic (exact) mass is 392 g/mol. The second kappa shape index (κ2) is 6.76. The summed E-state index contributed by atoms with van der Waals surface area (Å²) in [6.45, 7) is -0.458. The van der Waals surface area contributed by atoms with Crippen molar-refractivity contribution in [3.63, 3.8) is 0 Å². The van der Waals surface area contributed by atoms with Crippen LogP contribution in [0.4, 0.5) is 20.2 Å². The number of nitrogens with one attached hydrogen (secondary N) is 1. The van der Waals surface area contributed by atoms with Gasteiger partial charge in [-0.2, -0.15) is 5.10 Å². The molecule has 2 heterocycles. The normalized spacial score (nSPS) is 16.2. The number of fused-ring (bicyclic) bond motifs is 1. The van der Waals surface area contributed by atoms with Gasteiger partial charge in [0, 0.05) is 12.1 Å². The highest BCUT2D eigenvalue weighted by atomic mass is 32.2. The zero-order valence-electron chi connectivity index (χ0n) is 13.9. The summed E-state index contributed by atoms with van der Waals surface area (Å²) in [7, 11) is 0. The maximum Gasteiger partial charge on any atom is 0.292 e. The number of amides is 2. The Balaban J connectivity index is 1.59. The summed E-state index contributed by atoms with van der Waals surface area (Å²) in [4.78, 5) is 39.3. The fourth-order valence-electron chi connectivity index (χ4n) is 2.87. The van der Waals surface area contributed by atoms with E-state index in [0.29, 0.717) is 11.0 Å². The largest absolute Gasteiger partial charge is 0.322 e. The van der Waals surface area contributed by atoms with Crippen LogP contribution in [0.1, 0.15) is 12.8 Å². The molecule has 1 aromatic heterocycles. The second-order valence-corrected chi connectivity index (χ2v) is 7.29. The van der Waals surface area contributed by atoms with Gasteiger partial charge in [0.25, 0.3) is 5.56 Å². The van der Waals surface area contributed by atoms with Crippen molar-refractivity contribution in [2.24, 2.45) is 0 Å². The topological polar surface area (TPSA) is 84.3 Å². The van der Waals surface area contributed by atoms with E-state index in [0.717, 1.165) is 29.7 Å². The van der Waals surface area contributed by atoms with Gasteiger partial charge in [-0.3, -0.25) is 14.4 Å². The van der Waals surface area contributed by atoms with E-state index in [1.807, 2.05) is 0 Å². The van der Waals surface area contributed by atoms with Gasteiger partial charge in [-0.1, -0.05) is 0 Å². The van der Waals surface area contributed by atoms with Crippen LogP contribution in [0.5, 0.6) is 0 Å². The Morgan fingerprint density at radius 1 is 1.30 bits per heavy atom. The summed E-state index contributed by atoms with van der Waals surface area (Å²) in [5.41, 5.74) is -0.498. The number of hydrogen-bond donors (Lipinski definition) is 1. The molecule has 0 saturated heterocycles. The van der Waals surface area contributed by atoms with E-state index in [1.54, 1.807) is 0 Å². The van der Waals surface area contributed by atoms with Crippen LogP contribution < -0.4 is 15.8 Å². The standard InChI is InChI=1S/C17H14F2N4O3S/c18-9-1-4-12(11(19)5-9)21-14(24)7-22-17(26)16-13(6-20-22)27-8-15(25)23(16)10-2-3-10/h1,4-6,10H,2-3,7-8H2,(H,21,24). The lowest BCUT2D eigenvalue weighted by atomic mass is 10.3. The number of benzene rings is 1.